The molecule has 2 amide bonds. The van der Waals surface area contributed by atoms with E-state index in [9.17, 15) is 9.59 Å². The average Bonchev–Trinajstić information content (AvgIpc) is 3.29. The van der Waals surface area contributed by atoms with Gasteiger partial charge in [0.25, 0.3) is 0 Å². The van der Waals surface area contributed by atoms with Crippen LogP contribution in [0.5, 0.6) is 0 Å². The van der Waals surface area contributed by atoms with E-state index in [-0.39, 0.29) is 18.4 Å². The molecule has 0 spiro atoms. The van der Waals surface area contributed by atoms with E-state index in [1.807, 2.05) is 46.0 Å². The molecule has 0 atom stereocenters. The van der Waals surface area contributed by atoms with Gasteiger partial charge in [-0.15, -0.1) is 0 Å². The molecular formula is C18H24N4O2. The van der Waals surface area contributed by atoms with E-state index < -0.39 is 5.41 Å². The van der Waals surface area contributed by atoms with Crippen molar-refractivity contribution in [2.45, 2.75) is 39.5 Å². The third-order valence-corrected chi connectivity index (χ3v) is 4.23. The number of nitrogens with zero attached hydrogens (tertiary/aromatic N) is 2. The molecule has 6 nitrogen and oxygen atoms in total. The zero-order chi connectivity index (χ0) is 17.5. The lowest BCUT2D eigenvalue weighted by molar-refractivity contribution is -0.130. The van der Waals surface area contributed by atoms with Crippen LogP contribution in [0, 0.1) is 5.41 Å². The van der Waals surface area contributed by atoms with E-state index >= 15 is 0 Å². The standard InChI is InChI=1S/C18H24N4O2/c1-18(2,3)17(24)19-10-15(23)20-12-7-8-14-13(9-12)21-16(22(14)4)11-5-6-11/h7-9,11H,5-6,10H2,1-4H3,(H,19,24)(H,20,23). The summed E-state index contributed by atoms with van der Waals surface area (Å²) >= 11 is 0. The lowest BCUT2D eigenvalue weighted by Gasteiger charge is -2.17. The molecule has 1 aromatic heterocycles. The van der Waals surface area contributed by atoms with Gasteiger partial charge in [-0.25, -0.2) is 4.98 Å². The summed E-state index contributed by atoms with van der Waals surface area (Å²) in [5.74, 6) is 1.30. The van der Waals surface area contributed by atoms with Gasteiger partial charge in [-0.2, -0.15) is 0 Å². The number of nitrogens with one attached hydrogen (secondary N) is 2. The Bertz CT molecular complexity index is 797. The first kappa shape index (κ1) is 16.5. The topological polar surface area (TPSA) is 76.0 Å². The molecule has 1 aliphatic rings. The number of benzene rings is 1. The SMILES string of the molecule is Cn1c(C2CC2)nc2cc(NC(=O)CNC(=O)C(C)(C)C)ccc21. The maximum absolute atomic E-state index is 12.0. The first-order valence-electron chi connectivity index (χ1n) is 8.30. The fraction of sp³-hybridized carbons (Fsp3) is 0.500. The number of hydrogen-bond donors (Lipinski definition) is 2. The highest BCUT2D eigenvalue weighted by molar-refractivity contribution is 5.96. The zero-order valence-corrected chi connectivity index (χ0v) is 14.6. The van der Waals surface area contributed by atoms with Gasteiger partial charge in [-0.1, -0.05) is 20.8 Å². The van der Waals surface area contributed by atoms with Gasteiger partial charge in [0, 0.05) is 24.1 Å². The second kappa shape index (κ2) is 5.92. The molecule has 0 saturated heterocycles. The molecule has 1 aromatic carbocycles. The quantitative estimate of drug-likeness (QED) is 0.905. The molecule has 128 valence electrons. The highest BCUT2D eigenvalue weighted by atomic mass is 16.2. The molecule has 1 aliphatic carbocycles. The molecule has 3 rings (SSSR count). The predicted octanol–water partition coefficient (Wildman–Crippen LogP) is 2.55. The lowest BCUT2D eigenvalue weighted by Crippen LogP contribution is -2.39. The van der Waals surface area contributed by atoms with Crippen LogP contribution in [0.15, 0.2) is 18.2 Å². The highest BCUT2D eigenvalue weighted by Gasteiger charge is 2.28. The minimum atomic E-state index is -0.508. The molecule has 24 heavy (non-hydrogen) atoms. The van der Waals surface area contributed by atoms with Crippen molar-refractivity contribution in [1.29, 1.82) is 0 Å². The van der Waals surface area contributed by atoms with E-state index in [0.717, 1.165) is 16.9 Å². The molecule has 6 heteroatoms. The van der Waals surface area contributed by atoms with Gasteiger partial charge in [-0.3, -0.25) is 9.59 Å². The summed E-state index contributed by atoms with van der Waals surface area (Å²) in [6.45, 7) is 5.40. The normalized spacial score (nSPS) is 14.7. The van der Waals surface area contributed by atoms with Crippen LogP contribution in [0.2, 0.25) is 0 Å². The third kappa shape index (κ3) is 3.42. The number of fused-ring (bicyclic) bond motifs is 1. The summed E-state index contributed by atoms with van der Waals surface area (Å²) in [5, 5.41) is 5.46. The Morgan fingerprint density at radius 2 is 2.00 bits per heavy atom. The number of imidazole rings is 1. The maximum atomic E-state index is 12.0. The van der Waals surface area contributed by atoms with Crippen molar-refractivity contribution in [3.05, 3.63) is 24.0 Å². The number of carbonyl (C=O) groups is 2. The number of aromatic nitrogens is 2. The van der Waals surface area contributed by atoms with Crippen molar-refractivity contribution in [2.75, 3.05) is 11.9 Å². The monoisotopic (exact) mass is 328 g/mol. The summed E-state index contributed by atoms with van der Waals surface area (Å²) in [6, 6.07) is 5.71. The van der Waals surface area contributed by atoms with E-state index in [2.05, 4.69) is 15.2 Å². The first-order chi connectivity index (χ1) is 11.3. The van der Waals surface area contributed by atoms with Crippen molar-refractivity contribution in [3.8, 4) is 0 Å². The van der Waals surface area contributed by atoms with E-state index in [1.54, 1.807) is 0 Å². The fourth-order valence-corrected chi connectivity index (χ4v) is 2.63. The van der Waals surface area contributed by atoms with Crippen molar-refractivity contribution < 1.29 is 9.59 Å². The van der Waals surface area contributed by atoms with E-state index in [0.29, 0.717) is 11.6 Å². The van der Waals surface area contributed by atoms with E-state index in [4.69, 9.17) is 4.98 Å². The Morgan fingerprint density at radius 3 is 2.62 bits per heavy atom. The van der Waals surface area contributed by atoms with E-state index in [1.165, 1.54) is 12.8 Å². The third-order valence-electron chi connectivity index (χ3n) is 4.23. The number of aryl methyl sites for hydroxylation is 1. The van der Waals surface area contributed by atoms with Crippen LogP contribution in [0.4, 0.5) is 5.69 Å². The Morgan fingerprint density at radius 1 is 1.29 bits per heavy atom. The molecular weight excluding hydrogens is 304 g/mol. The van der Waals surface area contributed by atoms with Crippen LogP contribution in [0.1, 0.15) is 45.4 Å². The Balaban J connectivity index is 1.67. The predicted molar refractivity (Wildman–Crippen MR) is 93.8 cm³/mol. The summed E-state index contributed by atoms with van der Waals surface area (Å²) in [5.41, 5.74) is 2.14. The van der Waals surface area contributed by atoms with Gasteiger partial charge in [0.05, 0.1) is 17.6 Å². The van der Waals surface area contributed by atoms with Crippen LogP contribution >= 0.6 is 0 Å². The zero-order valence-electron chi connectivity index (χ0n) is 14.6. The first-order valence-corrected chi connectivity index (χ1v) is 8.30. The van der Waals surface area contributed by atoms with Gasteiger partial charge < -0.3 is 15.2 Å². The summed E-state index contributed by atoms with van der Waals surface area (Å²) < 4.78 is 2.13. The van der Waals surface area contributed by atoms with Crippen molar-refractivity contribution in [1.82, 2.24) is 14.9 Å². The molecule has 1 fully saturated rings. The van der Waals surface area contributed by atoms with Crippen LogP contribution in [-0.2, 0) is 16.6 Å². The van der Waals surface area contributed by atoms with Crippen molar-refractivity contribution >= 4 is 28.5 Å². The van der Waals surface area contributed by atoms with Gasteiger partial charge >= 0.3 is 0 Å². The Labute approximate surface area is 141 Å². The van der Waals surface area contributed by atoms with Crippen LogP contribution < -0.4 is 10.6 Å². The van der Waals surface area contributed by atoms with Gasteiger partial charge in [-0.05, 0) is 31.0 Å². The summed E-state index contributed by atoms with van der Waals surface area (Å²) in [6.07, 6.45) is 2.41. The number of hydrogen-bond acceptors (Lipinski definition) is 3. The molecule has 1 saturated carbocycles. The van der Waals surface area contributed by atoms with Crippen molar-refractivity contribution in [3.63, 3.8) is 0 Å². The lowest BCUT2D eigenvalue weighted by atomic mass is 9.96. The Kier molecular flexibility index (Phi) is 4.07. The minimum absolute atomic E-state index is 0.0380. The summed E-state index contributed by atoms with van der Waals surface area (Å²) in [4.78, 5) is 28.5. The molecule has 1 heterocycles. The number of anilines is 1. The van der Waals surface area contributed by atoms with Crippen molar-refractivity contribution in [2.24, 2.45) is 12.5 Å². The summed E-state index contributed by atoms with van der Waals surface area (Å²) in [7, 11) is 2.03. The molecule has 2 N–H and O–H groups in total. The highest BCUT2D eigenvalue weighted by Crippen LogP contribution is 2.40. The number of rotatable bonds is 4. The second-order valence-electron chi connectivity index (χ2n) is 7.49. The van der Waals surface area contributed by atoms with Gasteiger partial charge in [0.15, 0.2) is 0 Å². The molecule has 0 unspecified atom stereocenters. The minimum Gasteiger partial charge on any atom is -0.347 e. The fourth-order valence-electron chi connectivity index (χ4n) is 2.63. The molecule has 2 aromatic rings. The average molecular weight is 328 g/mol. The maximum Gasteiger partial charge on any atom is 0.243 e. The second-order valence-corrected chi connectivity index (χ2v) is 7.49. The molecule has 0 aliphatic heterocycles. The van der Waals surface area contributed by atoms with Gasteiger partial charge in [0.1, 0.15) is 5.82 Å². The van der Waals surface area contributed by atoms with Gasteiger partial charge in [0.2, 0.25) is 11.8 Å². The van der Waals surface area contributed by atoms with Crippen LogP contribution in [0.3, 0.4) is 0 Å². The van der Waals surface area contributed by atoms with Crippen LogP contribution in [0.25, 0.3) is 11.0 Å². The smallest absolute Gasteiger partial charge is 0.243 e. The largest absolute Gasteiger partial charge is 0.347 e. The Hall–Kier alpha value is -2.37. The molecule has 0 radical (unpaired) electrons. The molecule has 0 bridgehead atoms. The van der Waals surface area contributed by atoms with Crippen LogP contribution in [-0.4, -0.2) is 27.9 Å². The number of amides is 2. The number of carbonyl (C=O) groups excluding carboxylic acids is 2.